The van der Waals surface area contributed by atoms with Gasteiger partial charge in [-0.2, -0.15) is 0 Å². The van der Waals surface area contributed by atoms with Gasteiger partial charge in [0.25, 0.3) is 0 Å². The molecule has 2 rings (SSSR count). The molecule has 1 aliphatic heterocycles. The molecule has 0 spiro atoms. The molecule has 3 nitrogen and oxygen atoms in total. The van der Waals surface area contributed by atoms with Crippen molar-refractivity contribution in [3.63, 3.8) is 0 Å². The van der Waals surface area contributed by atoms with E-state index < -0.39 is 0 Å². The Balaban J connectivity index is 1.92. The predicted octanol–water partition coefficient (Wildman–Crippen LogP) is 1.99. The van der Waals surface area contributed by atoms with Crippen molar-refractivity contribution >= 4 is 5.91 Å². The standard InChI is InChI=1S/C15H22N2O/c1-16-10-6-9-14(12-16)15(18)17(2)11-13-7-4-3-5-8-13/h3-5,7-8,14H,6,9-12H2,1-2H3/t14-/m0/s1. The van der Waals surface area contributed by atoms with E-state index >= 15 is 0 Å². The first-order valence-corrected chi connectivity index (χ1v) is 6.64. The van der Waals surface area contributed by atoms with E-state index in [1.165, 1.54) is 5.56 Å². The van der Waals surface area contributed by atoms with Gasteiger partial charge in [0.1, 0.15) is 0 Å². The fourth-order valence-corrected chi connectivity index (χ4v) is 2.61. The number of piperidine rings is 1. The number of rotatable bonds is 3. The predicted molar refractivity (Wildman–Crippen MR) is 73.1 cm³/mol. The number of likely N-dealkylation sites (tertiary alicyclic amines) is 1. The number of hydrogen-bond donors (Lipinski definition) is 0. The van der Waals surface area contributed by atoms with Gasteiger partial charge in [-0.3, -0.25) is 4.79 Å². The molecule has 0 aromatic heterocycles. The van der Waals surface area contributed by atoms with Gasteiger partial charge in [0.15, 0.2) is 0 Å². The van der Waals surface area contributed by atoms with Crippen molar-refractivity contribution in [1.29, 1.82) is 0 Å². The van der Waals surface area contributed by atoms with E-state index in [0.717, 1.165) is 25.9 Å². The van der Waals surface area contributed by atoms with Crippen LogP contribution in [0.25, 0.3) is 0 Å². The summed E-state index contributed by atoms with van der Waals surface area (Å²) in [4.78, 5) is 16.5. The lowest BCUT2D eigenvalue weighted by molar-refractivity contribution is -0.136. The van der Waals surface area contributed by atoms with Crippen molar-refractivity contribution in [2.24, 2.45) is 5.92 Å². The number of amides is 1. The molecule has 1 aliphatic rings. The number of carbonyl (C=O) groups excluding carboxylic acids is 1. The monoisotopic (exact) mass is 246 g/mol. The molecule has 98 valence electrons. The summed E-state index contributed by atoms with van der Waals surface area (Å²) < 4.78 is 0. The van der Waals surface area contributed by atoms with Gasteiger partial charge >= 0.3 is 0 Å². The Hall–Kier alpha value is -1.35. The molecule has 1 aromatic carbocycles. The second kappa shape index (κ2) is 6.01. The van der Waals surface area contributed by atoms with E-state index in [9.17, 15) is 4.79 Å². The third kappa shape index (κ3) is 3.33. The van der Waals surface area contributed by atoms with Crippen LogP contribution in [0.5, 0.6) is 0 Å². The smallest absolute Gasteiger partial charge is 0.227 e. The Morgan fingerprint density at radius 1 is 1.39 bits per heavy atom. The first kappa shape index (κ1) is 13.1. The van der Waals surface area contributed by atoms with E-state index in [1.54, 1.807) is 0 Å². The Morgan fingerprint density at radius 3 is 2.78 bits per heavy atom. The Bertz CT molecular complexity index is 391. The van der Waals surface area contributed by atoms with Crippen LogP contribution < -0.4 is 0 Å². The van der Waals surface area contributed by atoms with E-state index in [2.05, 4.69) is 24.1 Å². The molecule has 0 radical (unpaired) electrons. The Morgan fingerprint density at radius 2 is 2.11 bits per heavy atom. The van der Waals surface area contributed by atoms with Crippen molar-refractivity contribution in [2.75, 3.05) is 27.2 Å². The van der Waals surface area contributed by atoms with Gasteiger partial charge in [0, 0.05) is 20.1 Å². The number of benzene rings is 1. The second-order valence-corrected chi connectivity index (χ2v) is 5.28. The first-order valence-electron chi connectivity index (χ1n) is 6.64. The molecule has 0 bridgehead atoms. The zero-order valence-electron chi connectivity index (χ0n) is 11.3. The number of hydrogen-bond acceptors (Lipinski definition) is 2. The summed E-state index contributed by atoms with van der Waals surface area (Å²) in [7, 11) is 4.00. The van der Waals surface area contributed by atoms with Crippen LogP contribution in [0.4, 0.5) is 0 Å². The third-order valence-corrected chi connectivity index (χ3v) is 3.61. The van der Waals surface area contributed by atoms with Crippen molar-refractivity contribution in [3.05, 3.63) is 35.9 Å². The summed E-state index contributed by atoms with van der Waals surface area (Å²) in [5.74, 6) is 0.461. The van der Waals surface area contributed by atoms with Crippen LogP contribution in [-0.4, -0.2) is 42.9 Å². The van der Waals surface area contributed by atoms with Gasteiger partial charge in [-0.25, -0.2) is 0 Å². The summed E-state index contributed by atoms with van der Waals surface area (Å²) in [6.45, 7) is 2.73. The van der Waals surface area contributed by atoms with Crippen LogP contribution in [0, 0.1) is 5.92 Å². The van der Waals surface area contributed by atoms with Crippen LogP contribution >= 0.6 is 0 Å². The minimum Gasteiger partial charge on any atom is -0.341 e. The van der Waals surface area contributed by atoms with Gasteiger partial charge in [-0.05, 0) is 32.0 Å². The Kier molecular flexibility index (Phi) is 4.37. The van der Waals surface area contributed by atoms with Gasteiger partial charge in [0.2, 0.25) is 5.91 Å². The minimum atomic E-state index is 0.178. The molecule has 3 heteroatoms. The molecule has 1 fully saturated rings. The van der Waals surface area contributed by atoms with Crippen LogP contribution in [-0.2, 0) is 11.3 Å². The van der Waals surface area contributed by atoms with E-state index in [1.807, 2.05) is 30.1 Å². The molecular formula is C15H22N2O. The molecule has 1 heterocycles. The molecule has 1 amide bonds. The van der Waals surface area contributed by atoms with Crippen molar-refractivity contribution in [2.45, 2.75) is 19.4 Å². The molecule has 18 heavy (non-hydrogen) atoms. The summed E-state index contributed by atoms with van der Waals surface area (Å²) in [5, 5.41) is 0. The fraction of sp³-hybridized carbons (Fsp3) is 0.533. The highest BCUT2D eigenvalue weighted by Crippen LogP contribution is 2.18. The largest absolute Gasteiger partial charge is 0.341 e. The maximum Gasteiger partial charge on any atom is 0.227 e. The molecule has 0 unspecified atom stereocenters. The fourth-order valence-electron chi connectivity index (χ4n) is 2.61. The average molecular weight is 246 g/mol. The maximum absolute atomic E-state index is 12.3. The van der Waals surface area contributed by atoms with Crippen molar-refractivity contribution < 1.29 is 4.79 Å². The minimum absolute atomic E-state index is 0.178. The summed E-state index contributed by atoms with van der Waals surface area (Å²) in [5.41, 5.74) is 1.19. The first-order chi connectivity index (χ1) is 8.66. The molecule has 1 atom stereocenters. The van der Waals surface area contributed by atoms with Gasteiger partial charge in [0.05, 0.1) is 5.92 Å². The SMILES string of the molecule is CN1CCC[C@H](C(=O)N(C)Cc2ccccc2)C1. The highest BCUT2D eigenvalue weighted by atomic mass is 16.2. The average Bonchev–Trinajstić information content (AvgIpc) is 2.39. The summed E-state index contributed by atoms with van der Waals surface area (Å²) >= 11 is 0. The van der Waals surface area contributed by atoms with Gasteiger partial charge < -0.3 is 9.80 Å². The molecular weight excluding hydrogens is 224 g/mol. The van der Waals surface area contributed by atoms with Crippen LogP contribution in [0.1, 0.15) is 18.4 Å². The van der Waals surface area contributed by atoms with Crippen molar-refractivity contribution in [3.8, 4) is 0 Å². The maximum atomic E-state index is 12.3. The lowest BCUT2D eigenvalue weighted by Gasteiger charge is -2.31. The van der Waals surface area contributed by atoms with Crippen molar-refractivity contribution in [1.82, 2.24) is 9.80 Å². The van der Waals surface area contributed by atoms with E-state index in [4.69, 9.17) is 0 Å². The zero-order chi connectivity index (χ0) is 13.0. The zero-order valence-corrected chi connectivity index (χ0v) is 11.3. The molecule has 1 saturated heterocycles. The summed E-state index contributed by atoms with van der Waals surface area (Å²) in [6.07, 6.45) is 2.16. The van der Waals surface area contributed by atoms with E-state index in [-0.39, 0.29) is 11.8 Å². The van der Waals surface area contributed by atoms with Gasteiger partial charge in [-0.1, -0.05) is 30.3 Å². The second-order valence-electron chi connectivity index (χ2n) is 5.28. The molecule has 0 N–H and O–H groups in total. The normalized spacial score (nSPS) is 20.7. The summed E-state index contributed by atoms with van der Waals surface area (Å²) in [6, 6.07) is 10.2. The quantitative estimate of drug-likeness (QED) is 0.814. The van der Waals surface area contributed by atoms with E-state index in [0.29, 0.717) is 6.54 Å². The highest BCUT2D eigenvalue weighted by Gasteiger charge is 2.26. The van der Waals surface area contributed by atoms with Crippen LogP contribution in [0.15, 0.2) is 30.3 Å². The van der Waals surface area contributed by atoms with Gasteiger partial charge in [-0.15, -0.1) is 0 Å². The van der Waals surface area contributed by atoms with Crippen LogP contribution in [0.3, 0.4) is 0 Å². The third-order valence-electron chi connectivity index (χ3n) is 3.61. The lowest BCUT2D eigenvalue weighted by Crippen LogP contribution is -2.41. The molecule has 1 aromatic rings. The Labute approximate surface area is 109 Å². The molecule has 0 saturated carbocycles. The topological polar surface area (TPSA) is 23.6 Å². The number of carbonyl (C=O) groups is 1. The number of nitrogens with zero attached hydrogens (tertiary/aromatic N) is 2. The lowest BCUT2D eigenvalue weighted by atomic mass is 9.97. The van der Waals surface area contributed by atoms with Crippen LogP contribution in [0.2, 0.25) is 0 Å². The highest BCUT2D eigenvalue weighted by molar-refractivity contribution is 5.78. The molecule has 0 aliphatic carbocycles.